The Balaban J connectivity index is 1.33. The molecule has 1 saturated heterocycles. The van der Waals surface area contributed by atoms with Gasteiger partial charge in [-0.2, -0.15) is 0 Å². The first-order chi connectivity index (χ1) is 12.3. The maximum atomic E-state index is 5.82. The third kappa shape index (κ3) is 4.20. The number of nitrogens with zero attached hydrogens (tertiary/aromatic N) is 3. The third-order valence-electron chi connectivity index (χ3n) is 5.20. The molecule has 132 valence electrons. The summed E-state index contributed by atoms with van der Waals surface area (Å²) >= 11 is 0. The number of hydrogen-bond donors (Lipinski definition) is 0. The van der Waals surface area contributed by atoms with Crippen LogP contribution >= 0.6 is 0 Å². The Labute approximate surface area is 150 Å². The highest BCUT2D eigenvalue weighted by atomic mass is 16.5. The molecule has 0 aliphatic carbocycles. The Kier molecular flexibility index (Phi) is 4.99. The normalized spacial score (nSPS) is 21.6. The van der Waals surface area contributed by atoms with Crippen LogP contribution in [0.2, 0.25) is 0 Å². The average Bonchev–Trinajstić information content (AvgIpc) is 2.85. The highest BCUT2D eigenvalue weighted by Gasteiger charge is 2.20. The molecule has 0 saturated carbocycles. The van der Waals surface area contributed by atoms with Crippen molar-refractivity contribution in [1.82, 2.24) is 14.8 Å². The minimum absolute atomic E-state index is 0.324. The van der Waals surface area contributed by atoms with Crippen LogP contribution in [0.1, 0.15) is 30.0 Å². The molecule has 1 aromatic carbocycles. The summed E-state index contributed by atoms with van der Waals surface area (Å²) in [5.41, 5.74) is 4.15. The van der Waals surface area contributed by atoms with Gasteiger partial charge in [0.2, 0.25) is 0 Å². The Hall–Kier alpha value is -1.91. The van der Waals surface area contributed by atoms with Crippen LogP contribution in [0.25, 0.3) is 0 Å². The second-order valence-electron chi connectivity index (χ2n) is 7.34. The monoisotopic (exact) mass is 337 g/mol. The fourth-order valence-electron chi connectivity index (χ4n) is 3.92. The van der Waals surface area contributed by atoms with Crippen molar-refractivity contribution in [3.8, 4) is 5.75 Å². The molecule has 0 amide bonds. The SMILES string of the molecule is CC1Cc2cc(CN3CCCN(Cc4ccncc4)CC3)ccc2O1. The largest absolute Gasteiger partial charge is 0.490 e. The van der Waals surface area contributed by atoms with E-state index in [1.165, 1.54) is 36.2 Å². The van der Waals surface area contributed by atoms with Crippen LogP contribution in [0.3, 0.4) is 0 Å². The molecule has 4 nitrogen and oxygen atoms in total. The number of hydrogen-bond acceptors (Lipinski definition) is 4. The summed E-state index contributed by atoms with van der Waals surface area (Å²) < 4.78 is 5.82. The van der Waals surface area contributed by atoms with Gasteiger partial charge in [0.25, 0.3) is 0 Å². The molecule has 2 aromatic rings. The van der Waals surface area contributed by atoms with E-state index in [-0.39, 0.29) is 0 Å². The molecule has 4 rings (SSSR count). The van der Waals surface area contributed by atoms with E-state index in [1.807, 2.05) is 12.4 Å². The summed E-state index contributed by atoms with van der Waals surface area (Å²) in [6.07, 6.45) is 6.37. The highest BCUT2D eigenvalue weighted by molar-refractivity contribution is 5.40. The van der Waals surface area contributed by atoms with E-state index >= 15 is 0 Å². The maximum Gasteiger partial charge on any atom is 0.123 e. The van der Waals surface area contributed by atoms with E-state index in [9.17, 15) is 0 Å². The lowest BCUT2D eigenvalue weighted by molar-refractivity contribution is 0.247. The van der Waals surface area contributed by atoms with Crippen molar-refractivity contribution in [2.75, 3.05) is 26.2 Å². The number of pyridine rings is 1. The molecule has 1 fully saturated rings. The number of fused-ring (bicyclic) bond motifs is 1. The Bertz CT molecular complexity index is 704. The number of benzene rings is 1. The Morgan fingerprint density at radius 2 is 1.68 bits per heavy atom. The standard InChI is InChI=1S/C21H27N3O/c1-17-13-20-14-19(3-4-21(20)25-17)16-24-10-2-9-23(11-12-24)15-18-5-7-22-8-6-18/h3-8,14,17H,2,9-13,15-16H2,1H3. The van der Waals surface area contributed by atoms with E-state index in [0.29, 0.717) is 6.10 Å². The molecule has 2 aliphatic heterocycles. The topological polar surface area (TPSA) is 28.6 Å². The van der Waals surface area contributed by atoms with Crippen LogP contribution in [0, 0.1) is 0 Å². The number of rotatable bonds is 4. The molecule has 4 heteroatoms. The Morgan fingerprint density at radius 3 is 2.44 bits per heavy atom. The minimum atomic E-state index is 0.324. The summed E-state index contributed by atoms with van der Waals surface area (Å²) in [5, 5.41) is 0. The van der Waals surface area contributed by atoms with Crippen LogP contribution in [0.4, 0.5) is 0 Å². The first-order valence-corrected chi connectivity index (χ1v) is 9.38. The zero-order valence-corrected chi connectivity index (χ0v) is 15.0. The van der Waals surface area contributed by atoms with Crippen LogP contribution in [-0.4, -0.2) is 47.1 Å². The number of ether oxygens (including phenoxy) is 1. The first kappa shape index (κ1) is 16.6. The first-order valence-electron chi connectivity index (χ1n) is 9.38. The predicted molar refractivity (Wildman–Crippen MR) is 99.6 cm³/mol. The molecular formula is C21H27N3O. The molecule has 1 atom stereocenters. The number of aromatic nitrogens is 1. The second-order valence-corrected chi connectivity index (χ2v) is 7.34. The molecule has 0 radical (unpaired) electrons. The lowest BCUT2D eigenvalue weighted by atomic mass is 10.1. The predicted octanol–water partition coefficient (Wildman–Crippen LogP) is 3.11. The lowest BCUT2D eigenvalue weighted by Gasteiger charge is -2.22. The van der Waals surface area contributed by atoms with E-state index in [0.717, 1.165) is 38.3 Å². The molecule has 3 heterocycles. The average molecular weight is 337 g/mol. The summed E-state index contributed by atoms with van der Waals surface area (Å²) in [5.74, 6) is 1.08. The molecule has 1 aromatic heterocycles. The van der Waals surface area contributed by atoms with E-state index in [1.54, 1.807) is 0 Å². The lowest BCUT2D eigenvalue weighted by Crippen LogP contribution is -2.30. The van der Waals surface area contributed by atoms with Crippen molar-refractivity contribution in [2.24, 2.45) is 0 Å². The van der Waals surface area contributed by atoms with Gasteiger partial charge in [-0.25, -0.2) is 0 Å². The van der Waals surface area contributed by atoms with E-state index in [4.69, 9.17) is 4.74 Å². The molecule has 0 N–H and O–H groups in total. The molecular weight excluding hydrogens is 310 g/mol. The van der Waals surface area contributed by atoms with Gasteiger partial charge >= 0.3 is 0 Å². The van der Waals surface area contributed by atoms with E-state index < -0.39 is 0 Å². The summed E-state index contributed by atoms with van der Waals surface area (Å²) in [4.78, 5) is 9.26. The van der Waals surface area contributed by atoms with E-state index in [2.05, 4.69) is 52.0 Å². The second kappa shape index (κ2) is 7.54. The zero-order chi connectivity index (χ0) is 17.1. The fraction of sp³-hybridized carbons (Fsp3) is 0.476. The van der Waals surface area contributed by atoms with Crippen LogP contribution in [0.15, 0.2) is 42.7 Å². The van der Waals surface area contributed by atoms with Crippen LogP contribution in [-0.2, 0) is 19.5 Å². The molecule has 0 bridgehead atoms. The van der Waals surface area contributed by atoms with Crippen molar-refractivity contribution < 1.29 is 4.74 Å². The molecule has 1 unspecified atom stereocenters. The summed E-state index contributed by atoms with van der Waals surface area (Å²) in [7, 11) is 0. The summed E-state index contributed by atoms with van der Waals surface area (Å²) in [6, 6.07) is 11.0. The molecule has 25 heavy (non-hydrogen) atoms. The van der Waals surface area contributed by atoms with Gasteiger partial charge in [-0.1, -0.05) is 12.1 Å². The van der Waals surface area contributed by atoms with Gasteiger partial charge in [0, 0.05) is 45.0 Å². The van der Waals surface area contributed by atoms with Gasteiger partial charge in [0.05, 0.1) is 0 Å². The maximum absolute atomic E-state index is 5.82. The van der Waals surface area contributed by atoms with Crippen molar-refractivity contribution in [3.05, 3.63) is 59.4 Å². The molecule has 2 aliphatic rings. The minimum Gasteiger partial charge on any atom is -0.490 e. The highest BCUT2D eigenvalue weighted by Crippen LogP contribution is 2.29. The van der Waals surface area contributed by atoms with Gasteiger partial charge in [0.1, 0.15) is 11.9 Å². The van der Waals surface area contributed by atoms with Gasteiger partial charge < -0.3 is 4.74 Å². The molecule has 0 spiro atoms. The summed E-state index contributed by atoms with van der Waals surface area (Å²) in [6.45, 7) is 8.84. The van der Waals surface area contributed by atoms with Gasteiger partial charge in [-0.15, -0.1) is 0 Å². The van der Waals surface area contributed by atoms with Crippen molar-refractivity contribution in [1.29, 1.82) is 0 Å². The fourth-order valence-corrected chi connectivity index (χ4v) is 3.92. The van der Waals surface area contributed by atoms with Crippen LogP contribution < -0.4 is 4.74 Å². The third-order valence-corrected chi connectivity index (χ3v) is 5.20. The van der Waals surface area contributed by atoms with Crippen molar-refractivity contribution in [2.45, 2.75) is 39.0 Å². The van der Waals surface area contributed by atoms with Gasteiger partial charge in [-0.05, 0) is 61.3 Å². The Morgan fingerprint density at radius 1 is 0.960 bits per heavy atom. The van der Waals surface area contributed by atoms with Crippen molar-refractivity contribution >= 4 is 0 Å². The smallest absolute Gasteiger partial charge is 0.123 e. The quantitative estimate of drug-likeness (QED) is 0.857. The van der Waals surface area contributed by atoms with Crippen molar-refractivity contribution in [3.63, 3.8) is 0 Å². The van der Waals surface area contributed by atoms with Crippen LogP contribution in [0.5, 0.6) is 5.75 Å². The van der Waals surface area contributed by atoms with Gasteiger partial charge in [0.15, 0.2) is 0 Å². The zero-order valence-electron chi connectivity index (χ0n) is 15.0. The van der Waals surface area contributed by atoms with Gasteiger partial charge in [-0.3, -0.25) is 14.8 Å².